The molecule has 8 nitrogen and oxygen atoms in total. The zero-order chi connectivity index (χ0) is 27.3. The molecule has 0 unspecified atom stereocenters. The van der Waals surface area contributed by atoms with E-state index >= 15 is 0 Å². The minimum Gasteiger partial charge on any atom is -0.465 e. The van der Waals surface area contributed by atoms with Crippen molar-refractivity contribution in [3.05, 3.63) is 94.5 Å². The van der Waals surface area contributed by atoms with Gasteiger partial charge in [-0.05, 0) is 66.3 Å². The standard InChI is InChI=1S/C30H32N2O6/c1-30(2,3)38-29(35)32-17-20-13-19(14-21(15-20)27(33)36-4)16-31-28(34)37-18-26-24-11-7-5-9-22(24)23-10-6-8-12-25(23)26/h5-15,26H,16-18H2,1-4H3,(H,31,34)(H,32,35). The van der Waals surface area contributed by atoms with Crippen molar-refractivity contribution in [2.75, 3.05) is 13.7 Å². The molecule has 1 aliphatic rings. The van der Waals surface area contributed by atoms with E-state index in [1.165, 1.54) is 7.11 Å². The van der Waals surface area contributed by atoms with Crippen LogP contribution in [0.25, 0.3) is 11.1 Å². The van der Waals surface area contributed by atoms with Crippen LogP contribution in [-0.4, -0.2) is 37.5 Å². The summed E-state index contributed by atoms with van der Waals surface area (Å²) in [4.78, 5) is 36.8. The molecule has 8 heteroatoms. The molecule has 0 aromatic heterocycles. The molecule has 0 saturated heterocycles. The van der Waals surface area contributed by atoms with Crippen molar-refractivity contribution < 1.29 is 28.6 Å². The van der Waals surface area contributed by atoms with E-state index in [0.29, 0.717) is 16.7 Å². The van der Waals surface area contributed by atoms with Crippen molar-refractivity contribution in [1.29, 1.82) is 0 Å². The Morgan fingerprint density at radius 3 is 1.84 bits per heavy atom. The van der Waals surface area contributed by atoms with Crippen molar-refractivity contribution in [2.24, 2.45) is 0 Å². The highest BCUT2D eigenvalue weighted by Gasteiger charge is 2.29. The van der Waals surface area contributed by atoms with Gasteiger partial charge in [0, 0.05) is 19.0 Å². The lowest BCUT2D eigenvalue weighted by molar-refractivity contribution is 0.0523. The molecule has 38 heavy (non-hydrogen) atoms. The molecule has 0 heterocycles. The summed E-state index contributed by atoms with van der Waals surface area (Å²) in [5.41, 5.74) is 5.57. The molecule has 0 spiro atoms. The van der Waals surface area contributed by atoms with Crippen LogP contribution in [0.2, 0.25) is 0 Å². The predicted molar refractivity (Wildman–Crippen MR) is 143 cm³/mol. The molecular formula is C30H32N2O6. The van der Waals surface area contributed by atoms with Crippen molar-refractivity contribution in [2.45, 2.75) is 45.4 Å². The third kappa shape index (κ3) is 6.51. The number of ether oxygens (including phenoxy) is 3. The van der Waals surface area contributed by atoms with Crippen LogP contribution in [0, 0.1) is 0 Å². The van der Waals surface area contributed by atoms with E-state index in [1.807, 2.05) is 24.3 Å². The van der Waals surface area contributed by atoms with Gasteiger partial charge < -0.3 is 24.8 Å². The van der Waals surface area contributed by atoms with Gasteiger partial charge in [-0.1, -0.05) is 54.6 Å². The summed E-state index contributed by atoms with van der Waals surface area (Å²) in [7, 11) is 1.29. The van der Waals surface area contributed by atoms with Gasteiger partial charge in [0.1, 0.15) is 12.2 Å². The van der Waals surface area contributed by atoms with Crippen LogP contribution in [0.4, 0.5) is 9.59 Å². The van der Waals surface area contributed by atoms with Crippen molar-refractivity contribution >= 4 is 18.2 Å². The first-order valence-electron chi connectivity index (χ1n) is 12.4. The van der Waals surface area contributed by atoms with E-state index in [1.54, 1.807) is 39.0 Å². The summed E-state index contributed by atoms with van der Waals surface area (Å²) < 4.78 is 15.7. The summed E-state index contributed by atoms with van der Waals surface area (Å²) in [6, 6.07) is 21.3. The van der Waals surface area contributed by atoms with Crippen LogP contribution in [0.5, 0.6) is 0 Å². The highest BCUT2D eigenvalue weighted by molar-refractivity contribution is 5.89. The number of amides is 2. The van der Waals surface area contributed by atoms with E-state index in [-0.39, 0.29) is 25.6 Å². The van der Waals surface area contributed by atoms with Gasteiger partial charge in [-0.2, -0.15) is 0 Å². The van der Waals surface area contributed by atoms with Gasteiger partial charge in [0.25, 0.3) is 0 Å². The predicted octanol–water partition coefficient (Wildman–Crippen LogP) is 5.54. The lowest BCUT2D eigenvalue weighted by Crippen LogP contribution is -2.32. The van der Waals surface area contributed by atoms with E-state index in [4.69, 9.17) is 14.2 Å². The summed E-state index contributed by atoms with van der Waals surface area (Å²) in [6.45, 7) is 5.79. The quantitative estimate of drug-likeness (QED) is 0.316. The van der Waals surface area contributed by atoms with Gasteiger partial charge in [-0.3, -0.25) is 0 Å². The van der Waals surface area contributed by atoms with Gasteiger partial charge in [0.05, 0.1) is 12.7 Å². The van der Waals surface area contributed by atoms with Gasteiger partial charge >= 0.3 is 18.2 Å². The SMILES string of the molecule is COC(=O)c1cc(CNC(=O)OCC2c3ccccc3-c3ccccc32)cc(CNC(=O)OC(C)(C)C)c1. The van der Waals surface area contributed by atoms with E-state index < -0.39 is 23.8 Å². The van der Waals surface area contributed by atoms with Crippen LogP contribution in [0.1, 0.15) is 59.3 Å². The van der Waals surface area contributed by atoms with Crippen molar-refractivity contribution in [1.82, 2.24) is 10.6 Å². The van der Waals surface area contributed by atoms with Crippen LogP contribution in [0.15, 0.2) is 66.7 Å². The third-order valence-electron chi connectivity index (χ3n) is 6.09. The van der Waals surface area contributed by atoms with Crippen molar-refractivity contribution in [3.8, 4) is 11.1 Å². The Hall–Kier alpha value is -4.33. The Bertz CT molecular complexity index is 1300. The lowest BCUT2D eigenvalue weighted by Gasteiger charge is -2.20. The second-order valence-corrected chi connectivity index (χ2v) is 10.1. The Morgan fingerprint density at radius 1 is 0.789 bits per heavy atom. The highest BCUT2D eigenvalue weighted by atomic mass is 16.6. The first-order valence-corrected chi connectivity index (χ1v) is 12.4. The fraction of sp³-hybridized carbons (Fsp3) is 0.300. The lowest BCUT2D eigenvalue weighted by atomic mass is 9.98. The maximum Gasteiger partial charge on any atom is 0.407 e. The molecule has 1 aliphatic carbocycles. The van der Waals surface area contributed by atoms with E-state index in [9.17, 15) is 14.4 Å². The van der Waals surface area contributed by atoms with Gasteiger partial charge in [0.2, 0.25) is 0 Å². The Labute approximate surface area is 222 Å². The number of alkyl carbamates (subject to hydrolysis) is 2. The number of carbonyl (C=O) groups is 3. The number of nitrogens with one attached hydrogen (secondary N) is 2. The number of hydrogen-bond donors (Lipinski definition) is 2. The Kier molecular flexibility index (Phi) is 8.00. The second kappa shape index (κ2) is 11.4. The minimum absolute atomic E-state index is 0.0404. The molecule has 2 N–H and O–H groups in total. The van der Waals surface area contributed by atoms with Crippen LogP contribution in [-0.2, 0) is 27.3 Å². The molecule has 198 valence electrons. The number of methoxy groups -OCH3 is 1. The van der Waals surface area contributed by atoms with Crippen LogP contribution in [0.3, 0.4) is 0 Å². The fourth-order valence-electron chi connectivity index (χ4n) is 4.51. The summed E-state index contributed by atoms with van der Waals surface area (Å²) in [6.07, 6.45) is -1.14. The molecule has 4 rings (SSSR count). The number of hydrogen-bond acceptors (Lipinski definition) is 6. The third-order valence-corrected chi connectivity index (χ3v) is 6.09. The Balaban J connectivity index is 1.39. The molecule has 0 saturated carbocycles. The summed E-state index contributed by atoms with van der Waals surface area (Å²) in [5.74, 6) is -0.562. The average Bonchev–Trinajstić information content (AvgIpc) is 3.21. The van der Waals surface area contributed by atoms with Crippen LogP contribution < -0.4 is 10.6 Å². The Morgan fingerprint density at radius 2 is 1.32 bits per heavy atom. The zero-order valence-corrected chi connectivity index (χ0v) is 22.0. The second-order valence-electron chi connectivity index (χ2n) is 10.1. The van der Waals surface area contributed by atoms with Crippen LogP contribution >= 0.6 is 0 Å². The molecule has 0 atom stereocenters. The van der Waals surface area contributed by atoms with E-state index in [2.05, 4.69) is 34.9 Å². The van der Waals surface area contributed by atoms with Gasteiger partial charge in [-0.25, -0.2) is 14.4 Å². The van der Waals surface area contributed by atoms with Crippen molar-refractivity contribution in [3.63, 3.8) is 0 Å². The molecule has 0 bridgehead atoms. The highest BCUT2D eigenvalue weighted by Crippen LogP contribution is 2.44. The first kappa shape index (κ1) is 26.7. The number of carbonyl (C=O) groups excluding carboxylic acids is 3. The topological polar surface area (TPSA) is 103 Å². The minimum atomic E-state index is -0.629. The number of fused-ring (bicyclic) bond motifs is 3. The number of esters is 1. The largest absolute Gasteiger partial charge is 0.465 e. The summed E-state index contributed by atoms with van der Waals surface area (Å²) >= 11 is 0. The normalized spacial score (nSPS) is 12.2. The zero-order valence-electron chi connectivity index (χ0n) is 22.0. The molecule has 0 aliphatic heterocycles. The molecule has 0 radical (unpaired) electrons. The van der Waals surface area contributed by atoms with E-state index in [0.717, 1.165) is 22.3 Å². The molecule has 3 aromatic carbocycles. The smallest absolute Gasteiger partial charge is 0.407 e. The monoisotopic (exact) mass is 516 g/mol. The van der Waals surface area contributed by atoms with Gasteiger partial charge in [-0.15, -0.1) is 0 Å². The fourth-order valence-corrected chi connectivity index (χ4v) is 4.51. The first-order chi connectivity index (χ1) is 18.1. The molecule has 2 amide bonds. The number of benzene rings is 3. The number of rotatable bonds is 7. The van der Waals surface area contributed by atoms with Gasteiger partial charge in [0.15, 0.2) is 0 Å². The average molecular weight is 517 g/mol. The molecular weight excluding hydrogens is 484 g/mol. The molecule has 3 aromatic rings. The maximum atomic E-state index is 12.6. The summed E-state index contributed by atoms with van der Waals surface area (Å²) in [5, 5.41) is 5.43. The maximum absolute atomic E-state index is 12.6. The molecule has 0 fully saturated rings.